The van der Waals surface area contributed by atoms with Crippen LogP contribution in [0.15, 0.2) is 29.2 Å². The van der Waals surface area contributed by atoms with Crippen molar-refractivity contribution < 1.29 is 13.2 Å². The lowest BCUT2D eigenvalue weighted by Gasteiger charge is -2.11. The Morgan fingerprint density at radius 1 is 1.17 bits per heavy atom. The van der Waals surface area contributed by atoms with Gasteiger partial charge in [-0.3, -0.25) is 4.79 Å². The van der Waals surface area contributed by atoms with Gasteiger partial charge in [-0.05, 0) is 62.4 Å². The predicted molar refractivity (Wildman–Crippen MR) is 95.9 cm³/mol. The van der Waals surface area contributed by atoms with Crippen LogP contribution >= 0.6 is 12.4 Å². The van der Waals surface area contributed by atoms with Gasteiger partial charge in [0.05, 0.1) is 4.90 Å². The Hall–Kier alpha value is -1.15. The summed E-state index contributed by atoms with van der Waals surface area (Å²) in [6.07, 6.45) is 4.78. The van der Waals surface area contributed by atoms with E-state index in [2.05, 4.69) is 15.4 Å². The monoisotopic (exact) mass is 373 g/mol. The summed E-state index contributed by atoms with van der Waals surface area (Å²) in [6.45, 7) is 1.48. The zero-order valence-corrected chi connectivity index (χ0v) is 15.1. The maximum atomic E-state index is 12.1. The smallest absolute Gasteiger partial charge is 0.240 e. The fraction of sp³-hybridized carbons (Fsp3) is 0.562. The molecule has 0 radical (unpaired) electrons. The molecule has 1 heterocycles. The molecule has 0 bridgehead atoms. The van der Waals surface area contributed by atoms with Gasteiger partial charge in [0.1, 0.15) is 0 Å². The van der Waals surface area contributed by atoms with Crippen molar-refractivity contribution >= 4 is 34.0 Å². The molecule has 3 N–H and O–H groups in total. The summed E-state index contributed by atoms with van der Waals surface area (Å²) in [6, 6.07) is 6.57. The molecular formula is C16H24ClN3O3S. The van der Waals surface area contributed by atoms with Crippen molar-refractivity contribution in [2.75, 3.05) is 18.4 Å². The van der Waals surface area contributed by atoms with Crippen LogP contribution in [0.3, 0.4) is 0 Å². The highest BCUT2D eigenvalue weighted by atomic mass is 35.5. The van der Waals surface area contributed by atoms with Gasteiger partial charge in [0, 0.05) is 24.7 Å². The zero-order valence-electron chi connectivity index (χ0n) is 13.5. The van der Waals surface area contributed by atoms with E-state index in [9.17, 15) is 13.2 Å². The molecule has 134 valence electrons. The van der Waals surface area contributed by atoms with Crippen LogP contribution in [0.4, 0.5) is 5.69 Å². The number of sulfonamides is 1. The van der Waals surface area contributed by atoms with E-state index in [1.807, 2.05) is 0 Å². The number of hydrogen-bond donors (Lipinski definition) is 3. The normalized spacial score (nSPS) is 20.4. The fourth-order valence-electron chi connectivity index (χ4n) is 2.72. The van der Waals surface area contributed by atoms with E-state index in [1.165, 1.54) is 12.1 Å². The molecule has 1 aromatic rings. The fourth-order valence-corrected chi connectivity index (χ4v) is 3.83. The lowest BCUT2D eigenvalue weighted by Crippen LogP contribution is -2.27. The van der Waals surface area contributed by atoms with Crippen LogP contribution in [0, 0.1) is 5.92 Å². The van der Waals surface area contributed by atoms with E-state index in [1.54, 1.807) is 12.1 Å². The predicted octanol–water partition coefficient (Wildman–Crippen LogP) is 1.88. The molecule has 8 heteroatoms. The summed E-state index contributed by atoms with van der Waals surface area (Å²) in [5, 5.41) is 6.10. The van der Waals surface area contributed by atoms with E-state index in [-0.39, 0.29) is 29.3 Å². The molecule has 1 aliphatic heterocycles. The van der Waals surface area contributed by atoms with Crippen LogP contribution in [0.2, 0.25) is 0 Å². The first-order valence-electron chi connectivity index (χ1n) is 8.16. The van der Waals surface area contributed by atoms with E-state index < -0.39 is 10.0 Å². The second kappa shape index (κ2) is 8.29. The van der Waals surface area contributed by atoms with Crippen LogP contribution in [0.5, 0.6) is 0 Å². The van der Waals surface area contributed by atoms with Crippen molar-refractivity contribution in [2.24, 2.45) is 5.92 Å². The number of halogens is 1. The second-order valence-corrected chi connectivity index (χ2v) is 8.13. The average molecular weight is 374 g/mol. The van der Waals surface area contributed by atoms with Gasteiger partial charge < -0.3 is 10.6 Å². The minimum absolute atomic E-state index is 0. The lowest BCUT2D eigenvalue weighted by molar-refractivity contribution is -0.116. The molecule has 0 aromatic heterocycles. The van der Waals surface area contributed by atoms with Crippen LogP contribution in [0.25, 0.3) is 0 Å². The molecule has 0 spiro atoms. The molecule has 1 aliphatic carbocycles. The Morgan fingerprint density at radius 2 is 1.88 bits per heavy atom. The Kier molecular flexibility index (Phi) is 6.62. The molecule has 2 aliphatic rings. The van der Waals surface area contributed by atoms with Gasteiger partial charge in [0.25, 0.3) is 0 Å². The topological polar surface area (TPSA) is 87.3 Å². The quantitative estimate of drug-likeness (QED) is 0.681. The first-order chi connectivity index (χ1) is 11.0. The first kappa shape index (κ1) is 19.2. The zero-order chi connectivity index (χ0) is 16.3. The number of carbonyl (C=O) groups excluding carboxylic acids is 1. The molecule has 1 saturated heterocycles. The Morgan fingerprint density at radius 3 is 2.46 bits per heavy atom. The number of benzene rings is 1. The number of amides is 1. The first-order valence-corrected chi connectivity index (χ1v) is 9.64. The second-order valence-electron chi connectivity index (χ2n) is 6.37. The number of carbonyl (C=O) groups is 1. The van der Waals surface area contributed by atoms with Gasteiger partial charge in [-0.1, -0.05) is 0 Å². The third-order valence-corrected chi connectivity index (χ3v) is 5.74. The van der Waals surface area contributed by atoms with Gasteiger partial charge >= 0.3 is 0 Å². The van der Waals surface area contributed by atoms with Gasteiger partial charge in [-0.15, -0.1) is 12.4 Å². The highest BCUT2D eigenvalue weighted by Gasteiger charge is 2.24. The average Bonchev–Trinajstić information content (AvgIpc) is 3.22. The van der Waals surface area contributed by atoms with Gasteiger partial charge in [0.15, 0.2) is 0 Å². The van der Waals surface area contributed by atoms with Crippen molar-refractivity contribution in [3.8, 4) is 0 Å². The lowest BCUT2D eigenvalue weighted by atomic mass is 10.1. The SMILES string of the molecule is Cl.O=C(CC1CCCN1)Nc1ccc(S(=O)(=O)NCC2CC2)cc1. The molecule has 3 rings (SSSR count). The summed E-state index contributed by atoms with van der Waals surface area (Å²) in [7, 11) is -3.45. The van der Waals surface area contributed by atoms with Crippen molar-refractivity contribution in [1.29, 1.82) is 0 Å². The molecular weight excluding hydrogens is 350 g/mol. The van der Waals surface area contributed by atoms with Crippen LogP contribution in [0.1, 0.15) is 32.1 Å². The molecule has 1 atom stereocenters. The number of rotatable bonds is 7. The molecule has 1 unspecified atom stereocenters. The van der Waals surface area contributed by atoms with Crippen molar-refractivity contribution in [3.05, 3.63) is 24.3 Å². The molecule has 6 nitrogen and oxygen atoms in total. The van der Waals surface area contributed by atoms with Crippen molar-refractivity contribution in [2.45, 2.75) is 43.0 Å². The van der Waals surface area contributed by atoms with Gasteiger partial charge in [-0.25, -0.2) is 13.1 Å². The summed E-state index contributed by atoms with van der Waals surface area (Å²) in [4.78, 5) is 12.2. The van der Waals surface area contributed by atoms with E-state index in [4.69, 9.17) is 0 Å². The number of anilines is 1. The molecule has 1 aromatic carbocycles. The largest absolute Gasteiger partial charge is 0.326 e. The summed E-state index contributed by atoms with van der Waals surface area (Å²) >= 11 is 0. The van der Waals surface area contributed by atoms with E-state index in [0.29, 0.717) is 24.6 Å². The van der Waals surface area contributed by atoms with Crippen molar-refractivity contribution in [3.63, 3.8) is 0 Å². The Bertz CT molecular complexity index is 654. The standard InChI is InChI=1S/C16H23N3O3S.ClH/c20-16(10-14-2-1-9-17-14)19-13-5-7-15(8-6-13)23(21,22)18-11-12-3-4-12;/h5-8,12,14,17-18H,1-4,9-11H2,(H,19,20);1H. The van der Waals surface area contributed by atoms with Gasteiger partial charge in [-0.2, -0.15) is 0 Å². The van der Waals surface area contributed by atoms with Crippen LogP contribution < -0.4 is 15.4 Å². The minimum Gasteiger partial charge on any atom is -0.326 e. The highest BCUT2D eigenvalue weighted by Crippen LogP contribution is 2.28. The van der Waals surface area contributed by atoms with E-state index in [0.717, 1.165) is 32.2 Å². The number of hydrogen-bond acceptors (Lipinski definition) is 4. The van der Waals surface area contributed by atoms with Crippen LogP contribution in [-0.4, -0.2) is 33.5 Å². The Balaban J connectivity index is 0.00000208. The third kappa shape index (κ3) is 5.44. The molecule has 1 saturated carbocycles. The van der Waals surface area contributed by atoms with Gasteiger partial charge in [0.2, 0.25) is 15.9 Å². The maximum absolute atomic E-state index is 12.1. The molecule has 1 amide bonds. The summed E-state index contributed by atoms with van der Waals surface area (Å²) in [5.41, 5.74) is 0.620. The van der Waals surface area contributed by atoms with Crippen molar-refractivity contribution in [1.82, 2.24) is 10.0 Å². The molecule has 24 heavy (non-hydrogen) atoms. The highest BCUT2D eigenvalue weighted by molar-refractivity contribution is 7.89. The molecule has 2 fully saturated rings. The minimum atomic E-state index is -3.45. The summed E-state index contributed by atoms with van der Waals surface area (Å²) in [5.74, 6) is 0.444. The van der Waals surface area contributed by atoms with E-state index >= 15 is 0 Å². The third-order valence-electron chi connectivity index (χ3n) is 4.30. The Labute approximate surface area is 149 Å². The number of nitrogens with one attached hydrogen (secondary N) is 3. The maximum Gasteiger partial charge on any atom is 0.240 e. The van der Waals surface area contributed by atoms with Crippen LogP contribution in [-0.2, 0) is 14.8 Å². The summed E-state index contributed by atoms with van der Waals surface area (Å²) < 4.78 is 26.9.